The predicted molar refractivity (Wildman–Crippen MR) is 54.7 cm³/mol. The highest BCUT2D eigenvalue weighted by atomic mass is 32.2. The first-order valence-corrected chi connectivity index (χ1v) is 5.98. The summed E-state index contributed by atoms with van der Waals surface area (Å²) in [6, 6.07) is -0.216. The molecule has 3 nitrogen and oxygen atoms in total. The Morgan fingerprint density at radius 2 is 2.38 bits per heavy atom. The van der Waals surface area contributed by atoms with Crippen LogP contribution in [-0.4, -0.2) is 40.9 Å². The van der Waals surface area contributed by atoms with Gasteiger partial charge in [0.25, 0.3) is 0 Å². The number of nitrogens with two attached hydrogens (primary N) is 1. The zero-order valence-electron chi connectivity index (χ0n) is 7.74. The second kappa shape index (κ2) is 3.88. The molecule has 2 aliphatic rings. The summed E-state index contributed by atoms with van der Waals surface area (Å²) in [6.07, 6.45) is 3.42. The number of carbonyl (C=O) groups excluding carboxylic acids is 1. The maximum absolute atomic E-state index is 11.5. The lowest BCUT2D eigenvalue weighted by molar-refractivity contribution is -0.128. The number of rotatable bonds is 2. The van der Waals surface area contributed by atoms with Gasteiger partial charge in [0.2, 0.25) is 5.91 Å². The Labute approximate surface area is 83.0 Å². The van der Waals surface area contributed by atoms with Crippen molar-refractivity contribution in [2.24, 2.45) is 5.73 Å². The summed E-state index contributed by atoms with van der Waals surface area (Å²) in [4.78, 5) is 13.4. The van der Waals surface area contributed by atoms with Crippen LogP contribution in [0.3, 0.4) is 0 Å². The van der Waals surface area contributed by atoms with Gasteiger partial charge in [0, 0.05) is 18.3 Å². The van der Waals surface area contributed by atoms with Crippen LogP contribution in [0.4, 0.5) is 0 Å². The zero-order chi connectivity index (χ0) is 9.26. The molecule has 74 valence electrons. The van der Waals surface area contributed by atoms with E-state index in [0.29, 0.717) is 5.25 Å². The Kier molecular flexibility index (Phi) is 2.79. The highest BCUT2D eigenvalue weighted by Crippen LogP contribution is 2.27. The molecule has 0 aromatic heterocycles. The van der Waals surface area contributed by atoms with Crippen LogP contribution in [0.2, 0.25) is 0 Å². The van der Waals surface area contributed by atoms with Gasteiger partial charge in [0.15, 0.2) is 0 Å². The van der Waals surface area contributed by atoms with E-state index in [0.717, 1.165) is 19.5 Å². The largest absolute Gasteiger partial charge is 0.340 e. The van der Waals surface area contributed by atoms with E-state index in [1.165, 1.54) is 18.6 Å². The van der Waals surface area contributed by atoms with Crippen molar-refractivity contribution >= 4 is 17.7 Å². The number of hydrogen-bond donors (Lipinski definition) is 1. The fourth-order valence-corrected chi connectivity index (χ4v) is 3.26. The van der Waals surface area contributed by atoms with Gasteiger partial charge in [-0.3, -0.25) is 4.79 Å². The van der Waals surface area contributed by atoms with Crippen molar-refractivity contribution < 1.29 is 4.79 Å². The summed E-state index contributed by atoms with van der Waals surface area (Å²) in [5.74, 6) is 1.42. The Morgan fingerprint density at radius 3 is 2.92 bits per heavy atom. The lowest BCUT2D eigenvalue weighted by atomic mass is 10.2. The molecule has 0 bridgehead atoms. The van der Waals surface area contributed by atoms with Crippen molar-refractivity contribution in [2.45, 2.75) is 30.6 Å². The highest BCUT2D eigenvalue weighted by Gasteiger charge is 2.30. The third-order valence-electron chi connectivity index (χ3n) is 2.79. The van der Waals surface area contributed by atoms with Crippen LogP contribution in [-0.2, 0) is 4.79 Å². The number of nitrogens with zero attached hydrogens (tertiary/aromatic N) is 1. The summed E-state index contributed by atoms with van der Waals surface area (Å²) in [5.41, 5.74) is 5.64. The SMILES string of the molecule is NC1CCN(CC2CCCS2)C1=O. The Hall–Kier alpha value is -0.220. The van der Waals surface area contributed by atoms with Crippen molar-refractivity contribution in [1.29, 1.82) is 0 Å². The van der Waals surface area contributed by atoms with Gasteiger partial charge in [0.05, 0.1) is 6.04 Å². The molecule has 0 aromatic carbocycles. The summed E-state index contributed by atoms with van der Waals surface area (Å²) in [5, 5.41) is 0.675. The third-order valence-corrected chi connectivity index (χ3v) is 4.17. The van der Waals surface area contributed by atoms with Gasteiger partial charge in [0.1, 0.15) is 0 Å². The van der Waals surface area contributed by atoms with Crippen LogP contribution in [0.1, 0.15) is 19.3 Å². The summed E-state index contributed by atoms with van der Waals surface area (Å²) < 4.78 is 0. The molecule has 2 saturated heterocycles. The van der Waals surface area contributed by atoms with Crippen LogP contribution < -0.4 is 5.73 Å². The molecule has 0 saturated carbocycles. The maximum atomic E-state index is 11.5. The van der Waals surface area contributed by atoms with Gasteiger partial charge in [-0.25, -0.2) is 0 Å². The molecule has 4 heteroatoms. The van der Waals surface area contributed by atoms with Crippen LogP contribution in [0, 0.1) is 0 Å². The van der Waals surface area contributed by atoms with Crippen molar-refractivity contribution in [2.75, 3.05) is 18.8 Å². The summed E-state index contributed by atoms with van der Waals surface area (Å²) in [7, 11) is 0. The number of likely N-dealkylation sites (tertiary alicyclic amines) is 1. The second-order valence-electron chi connectivity index (χ2n) is 3.81. The normalized spacial score (nSPS) is 34.5. The maximum Gasteiger partial charge on any atom is 0.239 e. The topological polar surface area (TPSA) is 46.3 Å². The first-order valence-electron chi connectivity index (χ1n) is 4.93. The van der Waals surface area contributed by atoms with E-state index in [4.69, 9.17) is 5.73 Å². The summed E-state index contributed by atoms with van der Waals surface area (Å²) >= 11 is 2.00. The Bertz CT molecular complexity index is 204. The first-order chi connectivity index (χ1) is 6.27. The molecule has 2 rings (SSSR count). The predicted octanol–water partition coefficient (Wildman–Crippen LogP) is 0.442. The van der Waals surface area contributed by atoms with Crippen molar-refractivity contribution in [3.63, 3.8) is 0 Å². The standard InChI is InChI=1S/C9H16N2OS/c10-8-3-4-11(9(8)12)6-7-2-1-5-13-7/h7-8H,1-6,10H2. The van der Waals surface area contributed by atoms with E-state index in [1.807, 2.05) is 16.7 Å². The molecule has 2 atom stereocenters. The molecule has 0 spiro atoms. The molecule has 2 heterocycles. The third kappa shape index (κ3) is 1.99. The van der Waals surface area contributed by atoms with Crippen LogP contribution in [0.5, 0.6) is 0 Å². The van der Waals surface area contributed by atoms with Gasteiger partial charge in [-0.1, -0.05) is 0 Å². The van der Waals surface area contributed by atoms with Gasteiger partial charge < -0.3 is 10.6 Å². The molecule has 1 amide bonds. The number of thioether (sulfide) groups is 1. The van der Waals surface area contributed by atoms with Gasteiger partial charge in [-0.05, 0) is 25.0 Å². The number of amides is 1. The average molecular weight is 200 g/mol. The fraction of sp³-hybridized carbons (Fsp3) is 0.889. The van der Waals surface area contributed by atoms with E-state index < -0.39 is 0 Å². The van der Waals surface area contributed by atoms with E-state index >= 15 is 0 Å². The molecule has 2 aliphatic heterocycles. The van der Waals surface area contributed by atoms with Gasteiger partial charge in [-0.2, -0.15) is 11.8 Å². The van der Waals surface area contributed by atoms with Crippen molar-refractivity contribution in [1.82, 2.24) is 4.90 Å². The number of hydrogen-bond acceptors (Lipinski definition) is 3. The average Bonchev–Trinajstić information content (AvgIpc) is 2.71. The minimum Gasteiger partial charge on any atom is -0.340 e. The quantitative estimate of drug-likeness (QED) is 0.703. The highest BCUT2D eigenvalue weighted by molar-refractivity contribution is 8.00. The smallest absolute Gasteiger partial charge is 0.239 e. The molecule has 2 unspecified atom stereocenters. The Balaban J connectivity index is 1.84. The fourth-order valence-electron chi connectivity index (χ4n) is 1.98. The zero-order valence-corrected chi connectivity index (χ0v) is 8.55. The van der Waals surface area contributed by atoms with Crippen molar-refractivity contribution in [3.8, 4) is 0 Å². The molecule has 2 N–H and O–H groups in total. The van der Waals surface area contributed by atoms with Crippen LogP contribution in [0.25, 0.3) is 0 Å². The molecule has 0 aromatic rings. The molecule has 0 aliphatic carbocycles. The first kappa shape index (κ1) is 9.34. The molecule has 2 fully saturated rings. The van der Waals surface area contributed by atoms with E-state index in [1.54, 1.807) is 0 Å². The van der Waals surface area contributed by atoms with Gasteiger partial charge >= 0.3 is 0 Å². The minimum atomic E-state index is -0.216. The molecular weight excluding hydrogens is 184 g/mol. The second-order valence-corrected chi connectivity index (χ2v) is 5.22. The molecule has 0 radical (unpaired) electrons. The Morgan fingerprint density at radius 1 is 1.54 bits per heavy atom. The van der Waals surface area contributed by atoms with E-state index in [2.05, 4.69) is 0 Å². The molecular formula is C9H16N2OS. The van der Waals surface area contributed by atoms with Gasteiger partial charge in [-0.15, -0.1) is 0 Å². The summed E-state index contributed by atoms with van der Waals surface area (Å²) in [6.45, 7) is 1.80. The minimum absolute atomic E-state index is 0.160. The van der Waals surface area contributed by atoms with E-state index in [9.17, 15) is 4.79 Å². The lowest BCUT2D eigenvalue weighted by Crippen LogP contribution is -2.37. The van der Waals surface area contributed by atoms with Crippen LogP contribution >= 0.6 is 11.8 Å². The van der Waals surface area contributed by atoms with Crippen LogP contribution in [0.15, 0.2) is 0 Å². The van der Waals surface area contributed by atoms with Crippen molar-refractivity contribution in [3.05, 3.63) is 0 Å². The monoisotopic (exact) mass is 200 g/mol. The lowest BCUT2D eigenvalue weighted by Gasteiger charge is -2.19. The number of carbonyl (C=O) groups is 1. The van der Waals surface area contributed by atoms with E-state index in [-0.39, 0.29) is 11.9 Å². The molecule has 13 heavy (non-hydrogen) atoms.